The van der Waals surface area contributed by atoms with Gasteiger partial charge in [0.1, 0.15) is 11.5 Å². The highest BCUT2D eigenvalue weighted by molar-refractivity contribution is 5.78. The van der Waals surface area contributed by atoms with Gasteiger partial charge in [-0.15, -0.1) is 0 Å². The second-order valence-corrected chi connectivity index (χ2v) is 5.97. The van der Waals surface area contributed by atoms with Crippen molar-refractivity contribution in [3.05, 3.63) is 78.8 Å². The first kappa shape index (κ1) is 16.8. The van der Waals surface area contributed by atoms with E-state index in [2.05, 4.69) is 25.3 Å². The van der Waals surface area contributed by atoms with E-state index in [0.717, 1.165) is 5.69 Å². The van der Waals surface area contributed by atoms with Crippen LogP contribution in [0.15, 0.2) is 67.3 Å². The fourth-order valence-corrected chi connectivity index (χ4v) is 2.78. The maximum atomic E-state index is 14.4. The largest absolute Gasteiger partial charge is 0.349 e. The molecule has 0 spiro atoms. The van der Waals surface area contributed by atoms with Gasteiger partial charge in [-0.25, -0.2) is 19.3 Å². The van der Waals surface area contributed by atoms with Crippen molar-refractivity contribution in [2.45, 2.75) is 6.54 Å². The monoisotopic (exact) mass is 360 g/mol. The molecule has 0 aliphatic heterocycles. The fourth-order valence-electron chi connectivity index (χ4n) is 2.78. The van der Waals surface area contributed by atoms with Crippen LogP contribution in [0.5, 0.6) is 0 Å². The number of nitrogens with one attached hydrogen (secondary N) is 1. The zero-order valence-electron chi connectivity index (χ0n) is 14.7. The summed E-state index contributed by atoms with van der Waals surface area (Å²) in [5.41, 5.74) is 2.46. The standard InChI is InChI=1S/C20H17FN6/c1-27-11-10-23-19(27)18-16(15-7-2-3-8-17(15)21)13-25-20(26-18)24-12-14-6-4-5-9-22-14/h2-11,13H,12H2,1H3,(H,24,25,26). The number of hydrogen-bond acceptors (Lipinski definition) is 5. The van der Waals surface area contributed by atoms with Gasteiger partial charge in [0, 0.05) is 43.0 Å². The molecule has 0 unspecified atom stereocenters. The third kappa shape index (κ3) is 3.52. The lowest BCUT2D eigenvalue weighted by Crippen LogP contribution is -2.07. The van der Waals surface area contributed by atoms with E-state index in [0.29, 0.717) is 35.1 Å². The summed E-state index contributed by atoms with van der Waals surface area (Å²) in [6.45, 7) is 0.486. The number of aryl methyl sites for hydroxylation is 1. The van der Waals surface area contributed by atoms with Crippen molar-refractivity contribution in [1.29, 1.82) is 0 Å². The minimum Gasteiger partial charge on any atom is -0.349 e. The second-order valence-electron chi connectivity index (χ2n) is 5.97. The maximum Gasteiger partial charge on any atom is 0.223 e. The molecule has 0 saturated carbocycles. The zero-order chi connectivity index (χ0) is 18.6. The Balaban J connectivity index is 1.74. The molecule has 134 valence electrons. The number of benzene rings is 1. The molecule has 4 aromatic rings. The Morgan fingerprint density at radius 2 is 1.81 bits per heavy atom. The topological polar surface area (TPSA) is 68.5 Å². The summed E-state index contributed by atoms with van der Waals surface area (Å²) in [5.74, 6) is 0.737. The minimum atomic E-state index is -0.328. The van der Waals surface area contributed by atoms with Gasteiger partial charge in [-0.2, -0.15) is 0 Å². The summed E-state index contributed by atoms with van der Waals surface area (Å²) in [4.78, 5) is 17.6. The summed E-state index contributed by atoms with van der Waals surface area (Å²) in [6, 6.07) is 12.3. The van der Waals surface area contributed by atoms with Gasteiger partial charge in [-0.05, 0) is 18.2 Å². The van der Waals surface area contributed by atoms with Crippen LogP contribution in [0, 0.1) is 5.82 Å². The van der Waals surface area contributed by atoms with E-state index < -0.39 is 0 Å². The van der Waals surface area contributed by atoms with Crippen molar-refractivity contribution in [1.82, 2.24) is 24.5 Å². The predicted octanol–water partition coefficient (Wildman–Crippen LogP) is 3.69. The lowest BCUT2D eigenvalue weighted by Gasteiger charge is -2.12. The molecule has 7 heteroatoms. The Morgan fingerprint density at radius 3 is 2.56 bits per heavy atom. The number of hydrogen-bond donors (Lipinski definition) is 1. The number of halogens is 1. The molecule has 0 amide bonds. The number of anilines is 1. The molecule has 0 atom stereocenters. The molecule has 6 nitrogen and oxygen atoms in total. The fraction of sp³-hybridized carbons (Fsp3) is 0.100. The van der Waals surface area contributed by atoms with Gasteiger partial charge in [0.15, 0.2) is 5.82 Å². The van der Waals surface area contributed by atoms with Gasteiger partial charge >= 0.3 is 0 Å². The molecule has 4 rings (SSSR count). The molecule has 0 bridgehead atoms. The first-order chi connectivity index (χ1) is 13.2. The molecule has 0 radical (unpaired) electrons. The van der Waals surface area contributed by atoms with E-state index in [1.807, 2.05) is 36.0 Å². The van der Waals surface area contributed by atoms with E-state index >= 15 is 0 Å². The van der Waals surface area contributed by atoms with Crippen LogP contribution in [-0.4, -0.2) is 24.5 Å². The Kier molecular flexibility index (Phi) is 4.57. The molecule has 1 N–H and O–H groups in total. The van der Waals surface area contributed by atoms with Crippen LogP contribution in [0.4, 0.5) is 10.3 Å². The molecule has 3 heterocycles. The lowest BCUT2D eigenvalue weighted by molar-refractivity contribution is 0.631. The van der Waals surface area contributed by atoms with Gasteiger partial charge in [0.25, 0.3) is 0 Å². The van der Waals surface area contributed by atoms with E-state index in [1.165, 1.54) is 6.07 Å². The molecular weight excluding hydrogens is 343 g/mol. The number of rotatable bonds is 5. The van der Waals surface area contributed by atoms with Crippen molar-refractivity contribution in [2.24, 2.45) is 7.05 Å². The highest BCUT2D eigenvalue weighted by atomic mass is 19.1. The first-order valence-electron chi connectivity index (χ1n) is 8.46. The average Bonchev–Trinajstić information content (AvgIpc) is 3.13. The molecular formula is C20H17FN6. The molecule has 0 aliphatic carbocycles. The Labute approximate surface area is 155 Å². The van der Waals surface area contributed by atoms with Gasteiger partial charge in [0.2, 0.25) is 5.95 Å². The predicted molar refractivity (Wildman–Crippen MR) is 101 cm³/mol. The maximum absolute atomic E-state index is 14.4. The van der Waals surface area contributed by atoms with E-state index in [1.54, 1.807) is 36.8 Å². The Bertz CT molecular complexity index is 1060. The third-order valence-electron chi connectivity index (χ3n) is 4.14. The normalized spacial score (nSPS) is 10.7. The molecule has 0 saturated heterocycles. The van der Waals surface area contributed by atoms with Crippen molar-refractivity contribution in [3.63, 3.8) is 0 Å². The van der Waals surface area contributed by atoms with Crippen molar-refractivity contribution < 1.29 is 4.39 Å². The SMILES string of the molecule is Cn1ccnc1-c1nc(NCc2ccccn2)ncc1-c1ccccc1F. The molecule has 1 aromatic carbocycles. The number of nitrogens with zero attached hydrogens (tertiary/aromatic N) is 5. The Hall–Kier alpha value is -3.61. The Morgan fingerprint density at radius 1 is 0.963 bits per heavy atom. The molecule has 3 aromatic heterocycles. The van der Waals surface area contributed by atoms with Gasteiger partial charge < -0.3 is 9.88 Å². The number of pyridine rings is 1. The summed E-state index contributed by atoms with van der Waals surface area (Å²) in [7, 11) is 1.87. The van der Waals surface area contributed by atoms with E-state index in [-0.39, 0.29) is 5.82 Å². The van der Waals surface area contributed by atoms with E-state index in [9.17, 15) is 4.39 Å². The van der Waals surface area contributed by atoms with Crippen LogP contribution in [0.25, 0.3) is 22.6 Å². The molecule has 0 fully saturated rings. The average molecular weight is 360 g/mol. The highest BCUT2D eigenvalue weighted by Crippen LogP contribution is 2.31. The number of aromatic nitrogens is 5. The minimum absolute atomic E-state index is 0.328. The van der Waals surface area contributed by atoms with Crippen molar-refractivity contribution in [2.75, 3.05) is 5.32 Å². The summed E-state index contributed by atoms with van der Waals surface area (Å²) < 4.78 is 16.2. The first-order valence-corrected chi connectivity index (χ1v) is 8.46. The van der Waals surface area contributed by atoms with Crippen LogP contribution in [0.2, 0.25) is 0 Å². The highest BCUT2D eigenvalue weighted by Gasteiger charge is 2.17. The van der Waals surface area contributed by atoms with Crippen molar-refractivity contribution in [3.8, 4) is 22.6 Å². The van der Waals surface area contributed by atoms with Gasteiger partial charge in [-0.1, -0.05) is 24.3 Å². The van der Waals surface area contributed by atoms with Crippen LogP contribution < -0.4 is 5.32 Å². The smallest absolute Gasteiger partial charge is 0.223 e. The molecule has 0 aliphatic rings. The third-order valence-corrected chi connectivity index (χ3v) is 4.14. The molecule has 27 heavy (non-hydrogen) atoms. The van der Waals surface area contributed by atoms with Crippen molar-refractivity contribution >= 4 is 5.95 Å². The zero-order valence-corrected chi connectivity index (χ0v) is 14.7. The lowest BCUT2D eigenvalue weighted by atomic mass is 10.0. The van der Waals surface area contributed by atoms with Crippen LogP contribution in [0.3, 0.4) is 0 Å². The van der Waals surface area contributed by atoms with Gasteiger partial charge in [-0.3, -0.25) is 4.98 Å². The summed E-state index contributed by atoms with van der Waals surface area (Å²) in [5, 5.41) is 3.16. The number of imidazole rings is 1. The van der Waals surface area contributed by atoms with Gasteiger partial charge in [0.05, 0.1) is 12.2 Å². The summed E-state index contributed by atoms with van der Waals surface area (Å²) in [6.07, 6.45) is 6.86. The quantitative estimate of drug-likeness (QED) is 0.588. The van der Waals surface area contributed by atoms with E-state index in [4.69, 9.17) is 0 Å². The van der Waals surface area contributed by atoms with Crippen LogP contribution in [0.1, 0.15) is 5.69 Å². The van der Waals surface area contributed by atoms with Crippen LogP contribution >= 0.6 is 0 Å². The second kappa shape index (κ2) is 7.33. The van der Waals surface area contributed by atoms with Crippen LogP contribution in [-0.2, 0) is 13.6 Å². The summed E-state index contributed by atoms with van der Waals surface area (Å²) >= 11 is 0.